The average Bonchev–Trinajstić information content (AvgIpc) is 2.12. The Morgan fingerprint density at radius 2 is 1.73 bits per heavy atom. The molecule has 0 aliphatic rings. The molecule has 5 heteroatoms. The van der Waals surface area contributed by atoms with E-state index in [0.717, 1.165) is 0 Å². The monoisotopic (exact) mass is 214 g/mol. The summed E-state index contributed by atoms with van der Waals surface area (Å²) in [7, 11) is 0. The standard InChI is InChI=1S/C10H14O5/c1-3-4-9(12)14-5-6-15-10(13)7-8(2)11/h3-4H,5-7H2,1-2H3/b4-3+. The van der Waals surface area contributed by atoms with E-state index >= 15 is 0 Å². The van der Waals surface area contributed by atoms with Gasteiger partial charge >= 0.3 is 11.9 Å². The third-order valence-corrected chi connectivity index (χ3v) is 1.29. The normalized spacial score (nSPS) is 10.0. The fraction of sp³-hybridized carbons (Fsp3) is 0.500. The van der Waals surface area contributed by atoms with Gasteiger partial charge in [-0.15, -0.1) is 0 Å². The molecule has 0 spiro atoms. The van der Waals surface area contributed by atoms with Crippen molar-refractivity contribution in [2.75, 3.05) is 13.2 Å². The van der Waals surface area contributed by atoms with Crippen molar-refractivity contribution in [2.45, 2.75) is 20.3 Å². The van der Waals surface area contributed by atoms with Gasteiger partial charge in [0.25, 0.3) is 0 Å². The lowest BCUT2D eigenvalue weighted by molar-refractivity contribution is -0.151. The number of esters is 2. The first-order chi connectivity index (χ1) is 7.06. The Balaban J connectivity index is 3.50. The lowest BCUT2D eigenvalue weighted by Gasteiger charge is -2.03. The SMILES string of the molecule is C/C=C/C(=O)OCCOC(=O)CC(C)=O. The van der Waals surface area contributed by atoms with E-state index in [1.807, 2.05) is 0 Å². The van der Waals surface area contributed by atoms with Gasteiger partial charge < -0.3 is 9.47 Å². The van der Waals surface area contributed by atoms with Gasteiger partial charge in [-0.1, -0.05) is 6.08 Å². The minimum absolute atomic E-state index is 0.00712. The van der Waals surface area contributed by atoms with Gasteiger partial charge in [0.1, 0.15) is 25.4 Å². The third-order valence-electron chi connectivity index (χ3n) is 1.29. The molecule has 0 N–H and O–H groups in total. The minimum atomic E-state index is -0.607. The second-order valence-corrected chi connectivity index (χ2v) is 2.77. The molecule has 0 saturated carbocycles. The topological polar surface area (TPSA) is 69.7 Å². The van der Waals surface area contributed by atoms with Crippen LogP contribution in [0.4, 0.5) is 0 Å². The van der Waals surface area contributed by atoms with Crippen LogP contribution in [-0.2, 0) is 23.9 Å². The summed E-state index contributed by atoms with van der Waals surface area (Å²) in [5, 5.41) is 0. The molecule has 0 radical (unpaired) electrons. The second-order valence-electron chi connectivity index (χ2n) is 2.77. The number of rotatable bonds is 6. The van der Waals surface area contributed by atoms with Crippen molar-refractivity contribution in [1.82, 2.24) is 0 Å². The van der Waals surface area contributed by atoms with Crippen LogP contribution in [0.25, 0.3) is 0 Å². The maximum atomic E-state index is 10.8. The Morgan fingerprint density at radius 1 is 1.13 bits per heavy atom. The van der Waals surface area contributed by atoms with Crippen molar-refractivity contribution < 1.29 is 23.9 Å². The summed E-state index contributed by atoms with van der Waals surface area (Å²) in [6, 6.07) is 0. The van der Waals surface area contributed by atoms with Gasteiger partial charge in [-0.25, -0.2) is 4.79 Å². The van der Waals surface area contributed by atoms with Crippen LogP contribution in [0, 0.1) is 0 Å². The van der Waals surface area contributed by atoms with Gasteiger partial charge in [0.15, 0.2) is 0 Å². The van der Waals surface area contributed by atoms with Gasteiger partial charge in [-0.05, 0) is 13.8 Å². The second kappa shape index (κ2) is 7.73. The van der Waals surface area contributed by atoms with Crippen LogP contribution in [-0.4, -0.2) is 30.9 Å². The predicted octanol–water partition coefficient (Wildman–Crippen LogP) is 0.628. The number of hydrogen-bond donors (Lipinski definition) is 0. The fourth-order valence-electron chi connectivity index (χ4n) is 0.736. The van der Waals surface area contributed by atoms with E-state index < -0.39 is 11.9 Å². The Kier molecular flexibility index (Phi) is 6.88. The molecule has 0 fully saturated rings. The van der Waals surface area contributed by atoms with Crippen LogP contribution in [0.1, 0.15) is 20.3 Å². The Labute approximate surface area is 88.0 Å². The smallest absolute Gasteiger partial charge is 0.330 e. The summed E-state index contributed by atoms with van der Waals surface area (Å²) in [6.07, 6.45) is 2.56. The van der Waals surface area contributed by atoms with E-state index in [9.17, 15) is 14.4 Å². The molecule has 0 aromatic rings. The molecule has 84 valence electrons. The van der Waals surface area contributed by atoms with E-state index in [1.165, 1.54) is 13.0 Å². The van der Waals surface area contributed by atoms with E-state index in [1.54, 1.807) is 13.0 Å². The molecule has 0 aliphatic heterocycles. The highest BCUT2D eigenvalue weighted by atomic mass is 16.6. The van der Waals surface area contributed by atoms with Crippen LogP contribution in [0.3, 0.4) is 0 Å². The maximum Gasteiger partial charge on any atom is 0.330 e. The first-order valence-corrected chi connectivity index (χ1v) is 4.50. The average molecular weight is 214 g/mol. The van der Waals surface area contributed by atoms with Crippen molar-refractivity contribution in [2.24, 2.45) is 0 Å². The zero-order valence-electron chi connectivity index (χ0n) is 8.82. The molecule has 0 aliphatic carbocycles. The number of Topliss-reactive ketones (excluding diaryl/α,β-unsaturated/α-hetero) is 1. The quantitative estimate of drug-likeness (QED) is 0.281. The van der Waals surface area contributed by atoms with Crippen LogP contribution in [0.5, 0.6) is 0 Å². The lowest BCUT2D eigenvalue weighted by Crippen LogP contribution is -2.14. The molecule has 0 bridgehead atoms. The number of allylic oxidation sites excluding steroid dienone is 1. The summed E-state index contributed by atoms with van der Waals surface area (Å²) in [5.74, 6) is -1.35. The first-order valence-electron chi connectivity index (χ1n) is 4.50. The molecule has 0 heterocycles. The van der Waals surface area contributed by atoms with Gasteiger partial charge in [-0.3, -0.25) is 9.59 Å². The zero-order valence-corrected chi connectivity index (χ0v) is 8.82. The lowest BCUT2D eigenvalue weighted by atomic mass is 10.3. The summed E-state index contributed by atoms with van der Waals surface area (Å²) < 4.78 is 9.27. The van der Waals surface area contributed by atoms with Gasteiger partial charge in [0.05, 0.1) is 0 Å². The largest absolute Gasteiger partial charge is 0.462 e. The van der Waals surface area contributed by atoms with Crippen LogP contribution in [0.2, 0.25) is 0 Å². The summed E-state index contributed by atoms with van der Waals surface area (Å²) >= 11 is 0. The molecule has 0 amide bonds. The van der Waals surface area contributed by atoms with Crippen molar-refractivity contribution in [3.05, 3.63) is 12.2 Å². The molecule has 5 nitrogen and oxygen atoms in total. The van der Waals surface area contributed by atoms with Crippen molar-refractivity contribution in [1.29, 1.82) is 0 Å². The number of carbonyl (C=O) groups excluding carboxylic acids is 3. The van der Waals surface area contributed by atoms with Crippen LogP contribution in [0.15, 0.2) is 12.2 Å². The number of hydrogen-bond acceptors (Lipinski definition) is 5. The molecule has 0 aromatic heterocycles. The third kappa shape index (κ3) is 8.67. The zero-order chi connectivity index (χ0) is 11.7. The Morgan fingerprint density at radius 3 is 2.27 bits per heavy atom. The molecule has 0 saturated heterocycles. The van der Waals surface area contributed by atoms with Gasteiger partial charge in [0.2, 0.25) is 0 Å². The molecular formula is C10H14O5. The van der Waals surface area contributed by atoms with E-state index in [-0.39, 0.29) is 25.4 Å². The van der Waals surface area contributed by atoms with Gasteiger partial charge in [-0.2, -0.15) is 0 Å². The fourth-order valence-corrected chi connectivity index (χ4v) is 0.736. The predicted molar refractivity (Wildman–Crippen MR) is 52.0 cm³/mol. The summed E-state index contributed by atoms with van der Waals surface area (Å²) in [5.41, 5.74) is 0. The first kappa shape index (κ1) is 13.4. The highest BCUT2D eigenvalue weighted by Crippen LogP contribution is 1.89. The van der Waals surface area contributed by atoms with Gasteiger partial charge in [0, 0.05) is 6.08 Å². The van der Waals surface area contributed by atoms with Crippen molar-refractivity contribution in [3.63, 3.8) is 0 Å². The highest BCUT2D eigenvalue weighted by molar-refractivity contribution is 5.94. The molecule has 0 rings (SSSR count). The highest BCUT2D eigenvalue weighted by Gasteiger charge is 2.06. The molecule has 0 atom stereocenters. The minimum Gasteiger partial charge on any atom is -0.462 e. The Bertz CT molecular complexity index is 267. The number of ketones is 1. The summed E-state index contributed by atoms with van der Waals surface area (Å²) in [4.78, 5) is 32.1. The maximum absolute atomic E-state index is 10.8. The van der Waals surface area contributed by atoms with E-state index in [0.29, 0.717) is 0 Å². The molecular weight excluding hydrogens is 200 g/mol. The van der Waals surface area contributed by atoms with Crippen LogP contribution < -0.4 is 0 Å². The molecule has 15 heavy (non-hydrogen) atoms. The Hall–Kier alpha value is -1.65. The number of carbonyl (C=O) groups is 3. The molecule has 0 unspecified atom stereocenters. The summed E-state index contributed by atoms with van der Waals surface area (Å²) in [6.45, 7) is 2.95. The van der Waals surface area contributed by atoms with E-state index in [4.69, 9.17) is 0 Å². The van der Waals surface area contributed by atoms with Crippen molar-refractivity contribution in [3.8, 4) is 0 Å². The van der Waals surface area contributed by atoms with Crippen LogP contribution >= 0.6 is 0 Å². The van der Waals surface area contributed by atoms with E-state index in [2.05, 4.69) is 9.47 Å². The van der Waals surface area contributed by atoms with Crippen molar-refractivity contribution >= 4 is 17.7 Å². The molecule has 0 aromatic carbocycles. The number of ether oxygens (including phenoxy) is 2.